The maximum atomic E-state index is 13.3. The van der Waals surface area contributed by atoms with Gasteiger partial charge in [0.2, 0.25) is 11.8 Å². The number of nitrogens with zero attached hydrogens (tertiary/aromatic N) is 7. The lowest BCUT2D eigenvalue weighted by Gasteiger charge is -2.27. The molecule has 4 heterocycles. The first kappa shape index (κ1) is 19.9. The minimum absolute atomic E-state index is 0.257. The lowest BCUT2D eigenvalue weighted by atomic mass is 10.2. The number of aryl methyl sites for hydroxylation is 2. The third-order valence-electron chi connectivity index (χ3n) is 5.25. The molecular weight excluding hydrogens is 409 g/mol. The summed E-state index contributed by atoms with van der Waals surface area (Å²) in [6, 6.07) is 10.3. The van der Waals surface area contributed by atoms with Crippen LogP contribution in [0.4, 0.5) is 16.0 Å². The quantitative estimate of drug-likeness (QED) is 0.475. The van der Waals surface area contributed by atoms with Crippen molar-refractivity contribution >= 4 is 23.8 Å². The molecule has 0 saturated heterocycles. The molecule has 9 heteroatoms. The second-order valence-electron chi connectivity index (χ2n) is 7.49. The van der Waals surface area contributed by atoms with E-state index >= 15 is 0 Å². The Balaban J connectivity index is 1.40. The van der Waals surface area contributed by atoms with Crippen LogP contribution in [0.5, 0.6) is 5.88 Å². The van der Waals surface area contributed by atoms with Crippen molar-refractivity contribution in [1.29, 1.82) is 0 Å². The summed E-state index contributed by atoms with van der Waals surface area (Å²) in [6.07, 6.45) is 8.27. The molecule has 0 spiro atoms. The molecular formula is C23H22FN7O. The fourth-order valence-corrected chi connectivity index (χ4v) is 3.72. The highest BCUT2D eigenvalue weighted by Gasteiger charge is 2.22. The number of hydrogen-bond acceptors (Lipinski definition) is 6. The Morgan fingerprint density at radius 2 is 1.88 bits per heavy atom. The van der Waals surface area contributed by atoms with E-state index in [4.69, 9.17) is 4.74 Å². The highest BCUT2D eigenvalue weighted by molar-refractivity contribution is 5.67. The number of hydrogen-bond donors (Lipinski definition) is 0. The predicted molar refractivity (Wildman–Crippen MR) is 120 cm³/mol. The molecule has 0 N–H and O–H groups in total. The van der Waals surface area contributed by atoms with E-state index in [0.29, 0.717) is 11.7 Å². The summed E-state index contributed by atoms with van der Waals surface area (Å²) in [5.74, 6) is 1.58. The van der Waals surface area contributed by atoms with Gasteiger partial charge in [-0.05, 0) is 61.9 Å². The van der Waals surface area contributed by atoms with Gasteiger partial charge in [0.15, 0.2) is 5.82 Å². The van der Waals surface area contributed by atoms with E-state index in [1.165, 1.54) is 12.1 Å². The van der Waals surface area contributed by atoms with Gasteiger partial charge < -0.3 is 14.2 Å². The Labute approximate surface area is 184 Å². The second-order valence-corrected chi connectivity index (χ2v) is 7.49. The van der Waals surface area contributed by atoms with Crippen molar-refractivity contribution in [3.63, 3.8) is 0 Å². The number of anilines is 2. The summed E-state index contributed by atoms with van der Waals surface area (Å²) in [7, 11) is 1.60. The molecule has 1 aliphatic rings. The molecule has 0 bridgehead atoms. The number of ether oxygens (including phenoxy) is 1. The van der Waals surface area contributed by atoms with Gasteiger partial charge in [-0.25, -0.2) is 19.0 Å². The molecule has 3 aromatic heterocycles. The van der Waals surface area contributed by atoms with Crippen LogP contribution in [-0.2, 0) is 6.54 Å². The molecule has 0 unspecified atom stereocenters. The highest BCUT2D eigenvalue weighted by atomic mass is 19.1. The van der Waals surface area contributed by atoms with Gasteiger partial charge in [0.25, 0.3) is 0 Å². The van der Waals surface area contributed by atoms with Gasteiger partial charge in [-0.3, -0.25) is 0 Å². The molecule has 0 fully saturated rings. The number of methoxy groups -OCH3 is 1. The third kappa shape index (κ3) is 3.84. The summed E-state index contributed by atoms with van der Waals surface area (Å²) in [6.45, 7) is 3.53. The standard InChI is InChI=1S/C23H22FN7O/c1-16-14-29(15-25-16)20-10-6-18(26-22(20)32-2)7-11-21-27-23-30(12-3-13-31(23)28-21)19-8-4-17(24)5-9-19/h4-11,14-15H,3,12-13H2,1-2H3. The monoisotopic (exact) mass is 431 g/mol. The number of benzene rings is 1. The molecule has 1 aromatic carbocycles. The number of pyridine rings is 1. The summed E-state index contributed by atoms with van der Waals surface area (Å²) >= 11 is 0. The predicted octanol–water partition coefficient (Wildman–Crippen LogP) is 4.03. The van der Waals surface area contributed by atoms with Crippen molar-refractivity contribution in [2.24, 2.45) is 0 Å². The molecule has 0 atom stereocenters. The maximum Gasteiger partial charge on any atom is 0.238 e. The van der Waals surface area contributed by atoms with Gasteiger partial charge >= 0.3 is 0 Å². The number of halogens is 1. The molecule has 4 aromatic rings. The normalized spacial score (nSPS) is 13.5. The molecule has 32 heavy (non-hydrogen) atoms. The summed E-state index contributed by atoms with van der Waals surface area (Å²) < 4.78 is 22.5. The van der Waals surface area contributed by atoms with Gasteiger partial charge in [0, 0.05) is 25.0 Å². The highest BCUT2D eigenvalue weighted by Crippen LogP contribution is 2.28. The lowest BCUT2D eigenvalue weighted by molar-refractivity contribution is 0.395. The number of imidazole rings is 1. The average molecular weight is 431 g/mol. The van der Waals surface area contributed by atoms with Gasteiger partial charge in [0.05, 0.1) is 24.8 Å². The van der Waals surface area contributed by atoms with Crippen LogP contribution in [-0.4, -0.2) is 43.0 Å². The molecule has 5 rings (SSSR count). The van der Waals surface area contributed by atoms with Crippen LogP contribution in [0, 0.1) is 12.7 Å². The SMILES string of the molecule is COc1nc(C=Cc2nc3n(n2)CCCN3c2ccc(F)cc2)ccc1-n1cnc(C)c1. The van der Waals surface area contributed by atoms with Crippen molar-refractivity contribution in [2.75, 3.05) is 18.6 Å². The van der Waals surface area contributed by atoms with Crippen molar-refractivity contribution < 1.29 is 9.13 Å². The number of fused-ring (bicyclic) bond motifs is 1. The van der Waals surface area contributed by atoms with Crippen LogP contribution in [0.25, 0.3) is 17.8 Å². The molecule has 0 saturated carbocycles. The topological polar surface area (TPSA) is 73.9 Å². The first-order valence-corrected chi connectivity index (χ1v) is 10.3. The summed E-state index contributed by atoms with van der Waals surface area (Å²) in [5.41, 5.74) is 3.36. The Kier molecular flexibility index (Phi) is 5.14. The van der Waals surface area contributed by atoms with E-state index in [9.17, 15) is 4.39 Å². The number of rotatable bonds is 5. The zero-order chi connectivity index (χ0) is 22.1. The zero-order valence-electron chi connectivity index (χ0n) is 17.8. The first-order valence-electron chi connectivity index (χ1n) is 10.3. The Hall–Kier alpha value is -4.01. The Morgan fingerprint density at radius 3 is 2.62 bits per heavy atom. The molecule has 1 aliphatic heterocycles. The van der Waals surface area contributed by atoms with Crippen molar-refractivity contribution in [1.82, 2.24) is 29.3 Å². The van der Waals surface area contributed by atoms with Gasteiger partial charge in [-0.1, -0.05) is 0 Å². The Bertz CT molecular complexity index is 1280. The van der Waals surface area contributed by atoms with E-state index < -0.39 is 0 Å². The third-order valence-corrected chi connectivity index (χ3v) is 5.25. The zero-order valence-corrected chi connectivity index (χ0v) is 17.8. The van der Waals surface area contributed by atoms with E-state index in [0.717, 1.165) is 48.2 Å². The van der Waals surface area contributed by atoms with Gasteiger partial charge in [0.1, 0.15) is 11.5 Å². The van der Waals surface area contributed by atoms with Crippen LogP contribution in [0.15, 0.2) is 48.9 Å². The van der Waals surface area contributed by atoms with E-state index in [-0.39, 0.29) is 5.82 Å². The van der Waals surface area contributed by atoms with Crippen LogP contribution in [0.2, 0.25) is 0 Å². The molecule has 0 aliphatic carbocycles. The van der Waals surface area contributed by atoms with Crippen LogP contribution in [0.1, 0.15) is 23.6 Å². The minimum Gasteiger partial charge on any atom is -0.479 e. The first-order chi connectivity index (χ1) is 15.6. The largest absolute Gasteiger partial charge is 0.479 e. The maximum absolute atomic E-state index is 13.3. The summed E-state index contributed by atoms with van der Waals surface area (Å²) in [5, 5.41) is 4.60. The second kappa shape index (κ2) is 8.26. The smallest absolute Gasteiger partial charge is 0.238 e. The average Bonchev–Trinajstić information content (AvgIpc) is 3.43. The summed E-state index contributed by atoms with van der Waals surface area (Å²) in [4.78, 5) is 15.6. The van der Waals surface area contributed by atoms with Crippen molar-refractivity contribution in [3.8, 4) is 11.6 Å². The molecule has 0 amide bonds. The van der Waals surface area contributed by atoms with Gasteiger partial charge in [-0.15, -0.1) is 5.10 Å². The number of aromatic nitrogens is 6. The fraction of sp³-hybridized carbons (Fsp3) is 0.217. The molecule has 8 nitrogen and oxygen atoms in total. The van der Waals surface area contributed by atoms with Crippen LogP contribution in [0.3, 0.4) is 0 Å². The van der Waals surface area contributed by atoms with Crippen molar-refractivity contribution in [2.45, 2.75) is 19.9 Å². The molecule has 0 radical (unpaired) electrons. The molecule has 162 valence electrons. The van der Waals surface area contributed by atoms with Crippen LogP contribution >= 0.6 is 0 Å². The van der Waals surface area contributed by atoms with Crippen LogP contribution < -0.4 is 9.64 Å². The fourth-order valence-electron chi connectivity index (χ4n) is 3.72. The minimum atomic E-state index is -0.257. The van der Waals surface area contributed by atoms with Crippen molar-refractivity contribution in [3.05, 3.63) is 72.0 Å². The Morgan fingerprint density at radius 1 is 1.03 bits per heavy atom. The van der Waals surface area contributed by atoms with E-state index in [1.807, 2.05) is 46.7 Å². The van der Waals surface area contributed by atoms with E-state index in [1.54, 1.807) is 25.6 Å². The van der Waals surface area contributed by atoms with E-state index in [2.05, 4.69) is 25.0 Å². The van der Waals surface area contributed by atoms with Gasteiger partial charge in [-0.2, -0.15) is 4.98 Å². The lowest BCUT2D eigenvalue weighted by Crippen LogP contribution is -2.28.